The van der Waals surface area contributed by atoms with E-state index in [4.69, 9.17) is 5.73 Å². The number of ketones is 1. The molecule has 2 heteroatoms. The highest BCUT2D eigenvalue weighted by atomic mass is 16.1. The molecule has 0 amide bonds. The molecule has 1 rings (SSSR count). The van der Waals surface area contributed by atoms with Crippen molar-refractivity contribution in [2.45, 2.75) is 46.5 Å². The van der Waals surface area contributed by atoms with Gasteiger partial charge in [0.25, 0.3) is 0 Å². The van der Waals surface area contributed by atoms with Crippen LogP contribution in [0.25, 0.3) is 0 Å². The molecule has 0 bridgehead atoms. The molecule has 1 saturated carbocycles. The molecule has 13 heavy (non-hydrogen) atoms. The van der Waals surface area contributed by atoms with Crippen molar-refractivity contribution in [3.8, 4) is 0 Å². The van der Waals surface area contributed by atoms with Crippen LogP contribution in [0.5, 0.6) is 0 Å². The van der Waals surface area contributed by atoms with E-state index in [-0.39, 0.29) is 18.2 Å². The van der Waals surface area contributed by atoms with Crippen molar-refractivity contribution in [2.75, 3.05) is 6.54 Å². The zero-order valence-corrected chi connectivity index (χ0v) is 9.18. The van der Waals surface area contributed by atoms with Gasteiger partial charge >= 0.3 is 0 Å². The van der Waals surface area contributed by atoms with Crippen LogP contribution in [-0.2, 0) is 4.79 Å². The number of rotatable bonds is 2. The molecule has 1 aliphatic carbocycles. The highest BCUT2D eigenvalue weighted by molar-refractivity contribution is 5.82. The lowest BCUT2D eigenvalue weighted by atomic mass is 9.81. The fraction of sp³-hybridized carbons (Fsp3) is 0.909. The van der Waals surface area contributed by atoms with Crippen LogP contribution in [-0.4, -0.2) is 12.3 Å². The van der Waals surface area contributed by atoms with Crippen molar-refractivity contribution in [3.05, 3.63) is 0 Å². The Hall–Kier alpha value is -0.370. The maximum atomic E-state index is 11.1. The van der Waals surface area contributed by atoms with Crippen LogP contribution in [0.4, 0.5) is 0 Å². The van der Waals surface area contributed by atoms with Gasteiger partial charge in [0.1, 0.15) is 5.78 Å². The summed E-state index contributed by atoms with van der Waals surface area (Å²) in [5.74, 6) is 1.37. The first kappa shape index (κ1) is 12.6. The smallest absolute Gasteiger partial charge is 0.149 e. The van der Waals surface area contributed by atoms with Gasteiger partial charge in [-0.15, -0.1) is 0 Å². The fourth-order valence-corrected chi connectivity index (χ4v) is 1.75. The van der Waals surface area contributed by atoms with Crippen molar-refractivity contribution in [3.63, 3.8) is 0 Å². The molecular weight excluding hydrogens is 162 g/mol. The third kappa shape index (κ3) is 4.41. The van der Waals surface area contributed by atoms with E-state index >= 15 is 0 Å². The first-order valence-electron chi connectivity index (χ1n) is 5.46. The zero-order chi connectivity index (χ0) is 10.3. The first-order chi connectivity index (χ1) is 6.24. The SMILES string of the molecule is CC.CC1CCC(C(=O)CN)CC1. The Labute approximate surface area is 81.9 Å². The van der Waals surface area contributed by atoms with Crippen LogP contribution < -0.4 is 5.73 Å². The second-order valence-electron chi connectivity index (χ2n) is 3.63. The number of nitrogens with two attached hydrogens (primary N) is 1. The van der Waals surface area contributed by atoms with Crippen molar-refractivity contribution in [1.82, 2.24) is 0 Å². The van der Waals surface area contributed by atoms with Crippen molar-refractivity contribution in [2.24, 2.45) is 17.6 Å². The van der Waals surface area contributed by atoms with Gasteiger partial charge in [-0.05, 0) is 18.8 Å². The van der Waals surface area contributed by atoms with E-state index in [1.54, 1.807) is 0 Å². The van der Waals surface area contributed by atoms with E-state index in [1.807, 2.05) is 13.8 Å². The molecule has 0 heterocycles. The van der Waals surface area contributed by atoms with Crippen LogP contribution in [0.2, 0.25) is 0 Å². The van der Waals surface area contributed by atoms with Crippen molar-refractivity contribution >= 4 is 5.78 Å². The molecule has 2 N–H and O–H groups in total. The Bertz CT molecular complexity index is 137. The molecule has 2 nitrogen and oxygen atoms in total. The Morgan fingerprint density at radius 1 is 1.23 bits per heavy atom. The third-order valence-corrected chi connectivity index (χ3v) is 2.67. The minimum atomic E-state index is 0.235. The van der Waals surface area contributed by atoms with Gasteiger partial charge in [-0.25, -0.2) is 0 Å². The van der Waals surface area contributed by atoms with Crippen LogP contribution in [0.1, 0.15) is 46.5 Å². The summed E-state index contributed by atoms with van der Waals surface area (Å²) in [6, 6.07) is 0. The number of Topliss-reactive ketones (excluding diaryl/α,β-unsaturated/α-hetero) is 1. The number of hydrogen-bond donors (Lipinski definition) is 1. The predicted molar refractivity (Wildman–Crippen MR) is 56.5 cm³/mol. The minimum Gasteiger partial charge on any atom is -0.324 e. The highest BCUT2D eigenvalue weighted by Gasteiger charge is 2.22. The minimum absolute atomic E-state index is 0.235. The van der Waals surface area contributed by atoms with E-state index in [0.29, 0.717) is 0 Å². The standard InChI is InChI=1S/C9H17NO.C2H6/c1-7-2-4-8(5-3-7)9(11)6-10;1-2/h7-8H,2-6,10H2,1H3;1-2H3. The summed E-state index contributed by atoms with van der Waals surface area (Å²) in [5, 5.41) is 0. The molecule has 0 aromatic carbocycles. The lowest BCUT2D eigenvalue weighted by Crippen LogP contribution is -2.26. The lowest BCUT2D eigenvalue weighted by molar-refractivity contribution is -0.122. The fourth-order valence-electron chi connectivity index (χ4n) is 1.75. The maximum absolute atomic E-state index is 11.1. The molecule has 0 saturated heterocycles. The predicted octanol–water partition coefficient (Wildman–Crippen LogP) is 2.37. The lowest BCUT2D eigenvalue weighted by Gasteiger charge is -2.24. The van der Waals surface area contributed by atoms with Crippen LogP contribution in [0, 0.1) is 11.8 Å². The molecular formula is C11H23NO. The summed E-state index contributed by atoms with van der Waals surface area (Å²) >= 11 is 0. The van der Waals surface area contributed by atoms with Gasteiger partial charge in [-0.3, -0.25) is 4.79 Å². The summed E-state index contributed by atoms with van der Waals surface area (Å²) in [6.45, 7) is 6.49. The van der Waals surface area contributed by atoms with E-state index in [2.05, 4.69) is 6.92 Å². The highest BCUT2D eigenvalue weighted by Crippen LogP contribution is 2.28. The Morgan fingerprint density at radius 3 is 2.08 bits per heavy atom. The van der Waals surface area contributed by atoms with Gasteiger partial charge in [0, 0.05) is 5.92 Å². The number of hydrogen-bond acceptors (Lipinski definition) is 2. The summed E-state index contributed by atoms with van der Waals surface area (Å²) in [7, 11) is 0. The van der Waals surface area contributed by atoms with Crippen LogP contribution in [0.15, 0.2) is 0 Å². The van der Waals surface area contributed by atoms with Crippen LogP contribution >= 0.6 is 0 Å². The second kappa shape index (κ2) is 7.07. The topological polar surface area (TPSA) is 43.1 Å². The normalized spacial score (nSPS) is 27.4. The van der Waals surface area contributed by atoms with Gasteiger partial charge < -0.3 is 5.73 Å². The van der Waals surface area contributed by atoms with E-state index in [0.717, 1.165) is 18.8 Å². The second-order valence-corrected chi connectivity index (χ2v) is 3.63. The molecule has 0 radical (unpaired) electrons. The summed E-state index contributed by atoms with van der Waals surface area (Å²) in [4.78, 5) is 11.1. The number of carbonyl (C=O) groups excluding carboxylic acids is 1. The molecule has 1 fully saturated rings. The largest absolute Gasteiger partial charge is 0.324 e. The van der Waals surface area contributed by atoms with Gasteiger partial charge in [-0.2, -0.15) is 0 Å². The molecule has 1 aliphatic rings. The summed E-state index contributed by atoms with van der Waals surface area (Å²) in [6.07, 6.45) is 4.54. The van der Waals surface area contributed by atoms with Crippen molar-refractivity contribution < 1.29 is 4.79 Å². The zero-order valence-electron chi connectivity index (χ0n) is 9.18. The van der Waals surface area contributed by atoms with E-state index < -0.39 is 0 Å². The van der Waals surface area contributed by atoms with Crippen LogP contribution in [0.3, 0.4) is 0 Å². The summed E-state index contributed by atoms with van der Waals surface area (Å²) in [5.41, 5.74) is 5.29. The molecule has 0 atom stereocenters. The van der Waals surface area contributed by atoms with Gasteiger partial charge in [-0.1, -0.05) is 33.6 Å². The average molecular weight is 185 g/mol. The van der Waals surface area contributed by atoms with Gasteiger partial charge in [0.15, 0.2) is 0 Å². The monoisotopic (exact) mass is 185 g/mol. The van der Waals surface area contributed by atoms with E-state index in [1.165, 1.54) is 12.8 Å². The van der Waals surface area contributed by atoms with Crippen molar-refractivity contribution in [1.29, 1.82) is 0 Å². The molecule has 0 aromatic rings. The van der Waals surface area contributed by atoms with E-state index in [9.17, 15) is 4.79 Å². The average Bonchev–Trinajstić information content (AvgIpc) is 2.21. The number of carbonyl (C=O) groups is 1. The molecule has 78 valence electrons. The first-order valence-corrected chi connectivity index (χ1v) is 5.46. The van der Waals surface area contributed by atoms with Gasteiger partial charge in [0.05, 0.1) is 6.54 Å². The van der Waals surface area contributed by atoms with Gasteiger partial charge in [0.2, 0.25) is 0 Å². The Morgan fingerprint density at radius 2 is 1.69 bits per heavy atom. The third-order valence-electron chi connectivity index (χ3n) is 2.67. The molecule has 0 unspecified atom stereocenters. The molecule has 0 spiro atoms. The Balaban J connectivity index is 0.000000671. The molecule has 0 aliphatic heterocycles. The maximum Gasteiger partial charge on any atom is 0.149 e. The Kier molecular flexibility index (Phi) is 6.87. The molecule has 0 aromatic heterocycles. The quantitative estimate of drug-likeness (QED) is 0.717. The summed E-state index contributed by atoms with van der Waals surface area (Å²) < 4.78 is 0.